The van der Waals surface area contributed by atoms with Gasteiger partial charge < -0.3 is 15.0 Å². The van der Waals surface area contributed by atoms with Gasteiger partial charge in [-0.1, -0.05) is 41.9 Å². The van der Waals surface area contributed by atoms with Crippen LogP contribution in [0.1, 0.15) is 54.4 Å². The van der Waals surface area contributed by atoms with Gasteiger partial charge in [-0.3, -0.25) is 4.79 Å². The van der Waals surface area contributed by atoms with Gasteiger partial charge >= 0.3 is 0 Å². The first-order valence-corrected chi connectivity index (χ1v) is 11.3. The van der Waals surface area contributed by atoms with Gasteiger partial charge in [-0.15, -0.1) is 0 Å². The molecule has 0 radical (unpaired) electrons. The Balaban J connectivity index is 1.35. The number of benzene rings is 2. The summed E-state index contributed by atoms with van der Waals surface area (Å²) in [6, 6.07) is 15.7. The van der Waals surface area contributed by atoms with E-state index in [4.69, 9.17) is 16.3 Å². The number of fused-ring (bicyclic) bond motifs is 8. The van der Waals surface area contributed by atoms with E-state index in [2.05, 4.69) is 46.6 Å². The van der Waals surface area contributed by atoms with Crippen LogP contribution in [0.15, 0.2) is 42.5 Å². The number of amides is 1. The van der Waals surface area contributed by atoms with E-state index in [1.54, 1.807) is 14.0 Å². The summed E-state index contributed by atoms with van der Waals surface area (Å²) in [5.41, 5.74) is 5.87. The molecule has 1 N–H and O–H groups in total. The van der Waals surface area contributed by atoms with Crippen molar-refractivity contribution in [1.29, 1.82) is 0 Å². The van der Waals surface area contributed by atoms with Crippen LogP contribution >= 0.6 is 11.6 Å². The fraction of sp³-hybridized carbons (Fsp3) is 0.480. The van der Waals surface area contributed by atoms with E-state index in [-0.39, 0.29) is 17.4 Å². The molecular formula is C25H29ClN2O2. The fourth-order valence-corrected chi connectivity index (χ4v) is 6.03. The molecule has 0 unspecified atom stereocenters. The summed E-state index contributed by atoms with van der Waals surface area (Å²) in [4.78, 5) is 14.7. The molecule has 3 atom stereocenters. The minimum Gasteiger partial charge on any atom is -0.372 e. The van der Waals surface area contributed by atoms with Gasteiger partial charge in [-0.2, -0.15) is 0 Å². The summed E-state index contributed by atoms with van der Waals surface area (Å²) >= 11 is 6.43. The van der Waals surface area contributed by atoms with Crippen molar-refractivity contribution in [3.63, 3.8) is 0 Å². The van der Waals surface area contributed by atoms with Gasteiger partial charge in [0.1, 0.15) is 6.10 Å². The molecular weight excluding hydrogens is 396 g/mol. The van der Waals surface area contributed by atoms with Gasteiger partial charge in [0, 0.05) is 49.1 Å². The van der Waals surface area contributed by atoms with Crippen LogP contribution in [0.4, 0.5) is 0 Å². The molecule has 4 nitrogen and oxygen atoms in total. The summed E-state index contributed by atoms with van der Waals surface area (Å²) in [5.74, 6) is 0.474. The summed E-state index contributed by atoms with van der Waals surface area (Å²) in [7, 11) is 1.57. The van der Waals surface area contributed by atoms with Crippen LogP contribution < -0.4 is 5.32 Å². The van der Waals surface area contributed by atoms with Crippen LogP contribution in [0.2, 0.25) is 5.02 Å². The van der Waals surface area contributed by atoms with Crippen LogP contribution in [0.5, 0.6) is 0 Å². The Bertz CT molecular complexity index is 969. The van der Waals surface area contributed by atoms with Crippen molar-refractivity contribution in [3.8, 4) is 0 Å². The topological polar surface area (TPSA) is 41.6 Å². The van der Waals surface area contributed by atoms with Crippen molar-refractivity contribution >= 4 is 17.5 Å². The standard InChI is InChI=1S/C25H29ClN2O2/c1-16(30-2)24(29)27-18-9-11-28(12-10-18)15-25-14-21(19-5-3-4-6-22(19)25)20-8-7-17(26)13-23(20)25/h3-8,13,16,18,21H,9-12,14-15H2,1-2H3,(H,27,29)/t16-,21+,25+/m1/s1. The number of halogens is 1. The van der Waals surface area contributed by atoms with E-state index in [0.29, 0.717) is 5.92 Å². The molecule has 2 aliphatic carbocycles. The number of carbonyl (C=O) groups is 1. The predicted molar refractivity (Wildman–Crippen MR) is 119 cm³/mol. The fourth-order valence-electron chi connectivity index (χ4n) is 5.86. The van der Waals surface area contributed by atoms with Crippen LogP contribution in [0.3, 0.4) is 0 Å². The zero-order chi connectivity index (χ0) is 20.9. The molecule has 2 aromatic carbocycles. The zero-order valence-electron chi connectivity index (χ0n) is 17.7. The molecule has 0 aromatic heterocycles. The molecule has 1 heterocycles. The van der Waals surface area contributed by atoms with Crippen LogP contribution in [0.25, 0.3) is 0 Å². The Hall–Kier alpha value is -1.88. The van der Waals surface area contributed by atoms with E-state index < -0.39 is 6.10 Å². The van der Waals surface area contributed by atoms with Crippen LogP contribution in [-0.2, 0) is 14.9 Å². The number of piperidine rings is 1. The maximum absolute atomic E-state index is 12.1. The first-order valence-electron chi connectivity index (χ1n) is 11.0. The van der Waals surface area contributed by atoms with Gasteiger partial charge in [0.05, 0.1) is 0 Å². The average Bonchev–Trinajstić information content (AvgIpc) is 3.26. The number of rotatable bonds is 5. The highest BCUT2D eigenvalue weighted by Crippen LogP contribution is 2.60. The van der Waals surface area contributed by atoms with Crippen molar-refractivity contribution in [2.45, 2.75) is 49.7 Å². The van der Waals surface area contributed by atoms with Crippen LogP contribution in [0, 0.1) is 0 Å². The molecule has 5 rings (SSSR count). The lowest BCUT2D eigenvalue weighted by atomic mass is 9.74. The highest BCUT2D eigenvalue weighted by Gasteiger charge is 2.53. The number of likely N-dealkylation sites (tertiary alicyclic amines) is 1. The maximum atomic E-state index is 12.1. The largest absolute Gasteiger partial charge is 0.372 e. The monoisotopic (exact) mass is 424 g/mol. The Morgan fingerprint density at radius 2 is 1.93 bits per heavy atom. The summed E-state index contributed by atoms with van der Waals surface area (Å²) < 4.78 is 5.14. The lowest BCUT2D eigenvalue weighted by molar-refractivity contribution is -0.131. The smallest absolute Gasteiger partial charge is 0.249 e. The molecule has 3 aliphatic rings. The minimum atomic E-state index is -0.395. The number of hydrogen-bond acceptors (Lipinski definition) is 3. The number of methoxy groups -OCH3 is 1. The van der Waals surface area contributed by atoms with Gasteiger partial charge in [-0.25, -0.2) is 0 Å². The quantitative estimate of drug-likeness (QED) is 0.785. The van der Waals surface area contributed by atoms with E-state index in [1.165, 1.54) is 22.3 Å². The van der Waals surface area contributed by atoms with Crippen molar-refractivity contribution in [1.82, 2.24) is 10.2 Å². The predicted octanol–water partition coefficient (Wildman–Crippen LogP) is 4.09. The normalized spacial score (nSPS) is 26.3. The zero-order valence-corrected chi connectivity index (χ0v) is 18.4. The highest BCUT2D eigenvalue weighted by molar-refractivity contribution is 6.30. The molecule has 30 heavy (non-hydrogen) atoms. The summed E-state index contributed by atoms with van der Waals surface area (Å²) in [5, 5.41) is 3.97. The Morgan fingerprint density at radius 1 is 1.20 bits per heavy atom. The Morgan fingerprint density at radius 3 is 2.70 bits per heavy atom. The molecule has 1 saturated heterocycles. The van der Waals surface area contributed by atoms with Gasteiger partial charge in [0.2, 0.25) is 5.91 Å². The average molecular weight is 425 g/mol. The SMILES string of the molecule is CO[C@H](C)C(=O)NC1CCN(C[C@@]23C[C@@H](c4ccccc42)c2ccc(Cl)cc23)CC1. The second-order valence-corrected chi connectivity index (χ2v) is 9.53. The number of nitrogens with one attached hydrogen (secondary N) is 1. The number of hydrogen-bond donors (Lipinski definition) is 1. The molecule has 2 bridgehead atoms. The Kier molecular flexibility index (Phi) is 5.12. The highest BCUT2D eigenvalue weighted by atomic mass is 35.5. The lowest BCUT2D eigenvalue weighted by Gasteiger charge is -2.40. The van der Waals surface area contributed by atoms with Crippen molar-refractivity contribution in [2.75, 3.05) is 26.7 Å². The van der Waals surface area contributed by atoms with E-state index >= 15 is 0 Å². The molecule has 1 aliphatic heterocycles. The number of carbonyl (C=O) groups excluding carboxylic acids is 1. The molecule has 1 fully saturated rings. The third-order valence-electron chi connectivity index (χ3n) is 7.46. The van der Waals surface area contributed by atoms with Gasteiger partial charge in [0.15, 0.2) is 0 Å². The van der Waals surface area contributed by atoms with Crippen molar-refractivity contribution in [2.24, 2.45) is 0 Å². The van der Waals surface area contributed by atoms with E-state index in [0.717, 1.165) is 43.9 Å². The molecule has 5 heteroatoms. The van der Waals surface area contributed by atoms with Gasteiger partial charge in [-0.05, 0) is 60.6 Å². The third kappa shape index (κ3) is 3.17. The molecule has 1 amide bonds. The molecule has 0 saturated carbocycles. The van der Waals surface area contributed by atoms with Crippen molar-refractivity contribution < 1.29 is 9.53 Å². The van der Waals surface area contributed by atoms with E-state index in [1.807, 2.05) is 6.07 Å². The second kappa shape index (κ2) is 7.67. The third-order valence-corrected chi connectivity index (χ3v) is 7.70. The number of ether oxygens (including phenoxy) is 1. The van der Waals surface area contributed by atoms with Crippen molar-refractivity contribution in [3.05, 3.63) is 69.7 Å². The van der Waals surface area contributed by atoms with E-state index in [9.17, 15) is 4.79 Å². The first kappa shape index (κ1) is 20.0. The first-order chi connectivity index (χ1) is 14.5. The maximum Gasteiger partial charge on any atom is 0.249 e. The molecule has 158 valence electrons. The number of nitrogens with zero attached hydrogens (tertiary/aromatic N) is 1. The second-order valence-electron chi connectivity index (χ2n) is 9.09. The van der Waals surface area contributed by atoms with Gasteiger partial charge in [0.25, 0.3) is 0 Å². The minimum absolute atomic E-state index is 0.0125. The summed E-state index contributed by atoms with van der Waals surface area (Å²) in [6.07, 6.45) is 2.70. The van der Waals surface area contributed by atoms with Crippen LogP contribution in [-0.4, -0.2) is 49.7 Å². The Labute approximate surface area is 183 Å². The molecule has 2 aromatic rings. The summed E-state index contributed by atoms with van der Waals surface area (Å²) in [6.45, 7) is 4.80. The molecule has 0 spiro atoms. The lowest BCUT2D eigenvalue weighted by Crippen LogP contribution is -2.50.